The lowest BCUT2D eigenvalue weighted by molar-refractivity contribution is -0.148. The Hall–Kier alpha value is -3.40. The number of hydrogen-bond donors (Lipinski definition) is 0. The van der Waals surface area contributed by atoms with E-state index >= 15 is 0 Å². The Morgan fingerprint density at radius 3 is 2.36 bits per heavy atom. The highest BCUT2D eigenvalue weighted by Gasteiger charge is 2.59. The van der Waals surface area contributed by atoms with Crippen molar-refractivity contribution >= 4 is 63.0 Å². The fourth-order valence-corrected chi connectivity index (χ4v) is 4.99. The van der Waals surface area contributed by atoms with Crippen LogP contribution < -0.4 is 4.74 Å². The van der Waals surface area contributed by atoms with E-state index in [1.54, 1.807) is 23.1 Å². The van der Waals surface area contributed by atoms with E-state index in [0.717, 1.165) is 16.0 Å². The molecular formula is C25H20B5N3O6. The minimum Gasteiger partial charge on any atom is -0.489 e. The maximum atomic E-state index is 13.4. The number of carbonyl (C=O) groups excluding carboxylic acids is 4. The van der Waals surface area contributed by atoms with E-state index in [2.05, 4.69) is 0 Å². The average Bonchev–Trinajstić information content (AvgIpc) is 3.28. The van der Waals surface area contributed by atoms with Crippen LogP contribution >= 0.6 is 0 Å². The van der Waals surface area contributed by atoms with Crippen LogP contribution in [0.25, 0.3) is 0 Å². The molecule has 0 N–H and O–H groups in total. The van der Waals surface area contributed by atoms with Gasteiger partial charge in [0.15, 0.2) is 0 Å². The van der Waals surface area contributed by atoms with Gasteiger partial charge in [-0.1, -0.05) is 36.1 Å². The summed E-state index contributed by atoms with van der Waals surface area (Å²) in [5.41, 5.74) is 0.287. The summed E-state index contributed by atoms with van der Waals surface area (Å²) in [7, 11) is 29.9. The normalized spacial score (nSPS) is 24.7. The molecule has 0 aromatic heterocycles. The summed E-state index contributed by atoms with van der Waals surface area (Å²) in [5, 5.41) is -2.28. The largest absolute Gasteiger partial charge is 0.489 e. The zero-order chi connectivity index (χ0) is 28.1. The number of carbonyl (C=O) groups is 4. The monoisotopic (exact) mass is 513 g/mol. The Kier molecular flexibility index (Phi) is 6.95. The van der Waals surface area contributed by atoms with E-state index in [-0.39, 0.29) is 36.0 Å². The molecule has 2 aromatic rings. The number of amides is 4. The molecule has 186 valence electrons. The third-order valence-corrected chi connectivity index (χ3v) is 7.39. The number of imide groups is 1. The molecule has 9 nitrogen and oxygen atoms in total. The van der Waals surface area contributed by atoms with Crippen molar-refractivity contribution in [3.05, 3.63) is 64.7 Å². The summed E-state index contributed by atoms with van der Waals surface area (Å²) in [6.45, 7) is 1.70. The van der Waals surface area contributed by atoms with Crippen LogP contribution in [0.1, 0.15) is 27.0 Å². The van der Waals surface area contributed by atoms with Gasteiger partial charge in [0.05, 0.1) is 42.1 Å². The number of rotatable bonds is 6. The zero-order valence-electron chi connectivity index (χ0n) is 21.0. The number of hydrogen-bond acceptors (Lipinski definition) is 6. The van der Waals surface area contributed by atoms with E-state index < -0.39 is 34.2 Å². The summed E-state index contributed by atoms with van der Waals surface area (Å²) < 4.78 is 11.2. The molecule has 2 unspecified atom stereocenters. The highest BCUT2D eigenvalue weighted by molar-refractivity contribution is 6.60. The van der Waals surface area contributed by atoms with Crippen molar-refractivity contribution in [3.63, 3.8) is 0 Å². The lowest BCUT2D eigenvalue weighted by Crippen LogP contribution is -2.70. The van der Waals surface area contributed by atoms with Gasteiger partial charge in [-0.2, -0.15) is 0 Å². The molecule has 4 amide bonds. The van der Waals surface area contributed by atoms with Crippen molar-refractivity contribution in [3.8, 4) is 5.75 Å². The summed E-state index contributed by atoms with van der Waals surface area (Å²) in [5.74, 6) is -4.11. The third kappa shape index (κ3) is 4.48. The smallest absolute Gasteiger partial charge is 0.254 e. The SMILES string of the molecule is [B]C1C([B])([B])C(=O)N([B])C(=O)C1([B])N1Cc2c(OCc3ccc(CN4CCOCC4=O)cc3)cccc2C1=O. The molecule has 0 aliphatic carbocycles. The molecule has 14 heteroatoms. The fourth-order valence-electron chi connectivity index (χ4n) is 4.99. The first-order chi connectivity index (χ1) is 18.5. The maximum Gasteiger partial charge on any atom is 0.254 e. The van der Waals surface area contributed by atoms with Gasteiger partial charge < -0.3 is 24.1 Å². The first-order valence-corrected chi connectivity index (χ1v) is 12.2. The van der Waals surface area contributed by atoms with Gasteiger partial charge in [0.25, 0.3) is 5.91 Å². The Balaban J connectivity index is 1.31. The average molecular weight is 513 g/mol. The summed E-state index contributed by atoms with van der Waals surface area (Å²) >= 11 is 0. The van der Waals surface area contributed by atoms with Crippen LogP contribution in [0.15, 0.2) is 42.5 Å². The van der Waals surface area contributed by atoms with Crippen LogP contribution in [0.5, 0.6) is 5.75 Å². The second-order valence-corrected chi connectivity index (χ2v) is 9.86. The molecule has 2 atom stereocenters. The summed E-state index contributed by atoms with van der Waals surface area (Å²) in [4.78, 5) is 53.6. The number of fused-ring (bicyclic) bond motifs is 1. The first-order valence-electron chi connectivity index (χ1n) is 12.2. The molecule has 2 saturated heterocycles. The van der Waals surface area contributed by atoms with E-state index in [1.807, 2.05) is 24.3 Å². The summed E-state index contributed by atoms with van der Waals surface area (Å²) in [6, 6.07) is 12.5. The maximum absolute atomic E-state index is 13.4. The van der Waals surface area contributed by atoms with Gasteiger partial charge in [0.2, 0.25) is 25.7 Å². The predicted octanol–water partition coefficient (Wildman–Crippen LogP) is -0.692. The van der Waals surface area contributed by atoms with Gasteiger partial charge in [-0.05, 0) is 28.5 Å². The van der Waals surface area contributed by atoms with Crippen molar-refractivity contribution in [2.45, 2.75) is 36.2 Å². The van der Waals surface area contributed by atoms with Crippen molar-refractivity contribution in [2.75, 3.05) is 19.8 Å². The lowest BCUT2D eigenvalue weighted by atomic mass is 9.34. The van der Waals surface area contributed by atoms with Crippen LogP contribution in [0.3, 0.4) is 0 Å². The standard InChI is InChI=1S/C25H20B5N3O6/c26-21-24(27,28)22(36)33(30)23(37)25(21,29)32-11-17-16(20(32)35)2-1-3-18(17)39-12-15-6-4-14(5-7-15)10-31-8-9-38-13-19(31)34/h1-7,21H,8-13H2. The highest BCUT2D eigenvalue weighted by atomic mass is 16.5. The van der Waals surface area contributed by atoms with Crippen molar-refractivity contribution in [2.24, 2.45) is 0 Å². The first kappa shape index (κ1) is 27.2. The molecule has 3 heterocycles. The van der Waals surface area contributed by atoms with Gasteiger partial charge in [0.1, 0.15) is 26.8 Å². The number of piperidine rings is 1. The van der Waals surface area contributed by atoms with E-state index in [9.17, 15) is 19.2 Å². The topological polar surface area (TPSA) is 96.5 Å². The van der Waals surface area contributed by atoms with Gasteiger partial charge in [-0.3, -0.25) is 19.2 Å². The minimum atomic E-state index is -2.28. The van der Waals surface area contributed by atoms with Gasteiger partial charge in [-0.15, -0.1) is 0 Å². The zero-order valence-corrected chi connectivity index (χ0v) is 21.0. The molecular weight excluding hydrogens is 492 g/mol. The highest BCUT2D eigenvalue weighted by Crippen LogP contribution is 2.49. The number of benzene rings is 2. The van der Waals surface area contributed by atoms with Crippen LogP contribution in [0.4, 0.5) is 0 Å². The van der Waals surface area contributed by atoms with Crippen LogP contribution in [0, 0.1) is 0 Å². The van der Waals surface area contributed by atoms with Gasteiger partial charge >= 0.3 is 0 Å². The van der Waals surface area contributed by atoms with Crippen LogP contribution in [0.2, 0.25) is 11.0 Å². The second kappa shape index (κ2) is 9.97. The quantitative estimate of drug-likeness (QED) is 0.376. The van der Waals surface area contributed by atoms with Gasteiger partial charge in [-0.25, -0.2) is 0 Å². The molecule has 3 aliphatic rings. The Morgan fingerprint density at radius 2 is 1.67 bits per heavy atom. The van der Waals surface area contributed by atoms with Gasteiger partial charge in [0, 0.05) is 24.2 Å². The van der Waals surface area contributed by atoms with Crippen LogP contribution in [-0.2, 0) is 38.8 Å². The van der Waals surface area contributed by atoms with E-state index in [1.165, 1.54) is 0 Å². The molecule has 0 saturated carbocycles. The Bertz CT molecular complexity index is 1360. The molecule has 2 fully saturated rings. The summed E-state index contributed by atoms with van der Waals surface area (Å²) in [6.07, 6.45) is 0. The van der Waals surface area contributed by atoms with Crippen molar-refractivity contribution in [1.82, 2.24) is 14.6 Å². The van der Waals surface area contributed by atoms with E-state index in [0.29, 0.717) is 31.0 Å². The third-order valence-electron chi connectivity index (χ3n) is 7.39. The Morgan fingerprint density at radius 1 is 0.974 bits per heavy atom. The van der Waals surface area contributed by atoms with Crippen molar-refractivity contribution < 1.29 is 28.7 Å². The van der Waals surface area contributed by atoms with E-state index in [4.69, 9.17) is 48.8 Å². The molecule has 0 bridgehead atoms. The number of nitrogens with zero attached hydrogens (tertiary/aromatic N) is 3. The number of ether oxygens (including phenoxy) is 2. The van der Waals surface area contributed by atoms with Crippen LogP contribution in [-0.4, -0.2) is 103 Å². The predicted molar refractivity (Wildman–Crippen MR) is 143 cm³/mol. The molecule has 5 rings (SSSR count). The molecule has 10 radical (unpaired) electrons. The fraction of sp³-hybridized carbons (Fsp3) is 0.360. The number of morpholine rings is 1. The molecule has 3 aliphatic heterocycles. The Labute approximate surface area is 232 Å². The molecule has 39 heavy (non-hydrogen) atoms. The molecule has 0 spiro atoms. The second-order valence-electron chi connectivity index (χ2n) is 9.86. The molecule has 2 aromatic carbocycles. The minimum absolute atomic E-state index is 0.0419. The van der Waals surface area contributed by atoms with Crippen molar-refractivity contribution in [1.29, 1.82) is 0 Å². The lowest BCUT2D eigenvalue weighted by Gasteiger charge is -2.55.